The van der Waals surface area contributed by atoms with Gasteiger partial charge in [-0.3, -0.25) is 9.78 Å². The average Bonchev–Trinajstić information content (AvgIpc) is 2.87. The zero-order valence-electron chi connectivity index (χ0n) is 19.3. The fraction of sp³-hybridized carbons (Fsp3) is 0.440. The first-order chi connectivity index (χ1) is 16.6. The van der Waals surface area contributed by atoms with Gasteiger partial charge in [0.1, 0.15) is 5.82 Å². The molecule has 8 nitrogen and oxygen atoms in total. The molecule has 3 aromatic rings. The fourth-order valence-electron chi connectivity index (χ4n) is 4.86. The van der Waals surface area contributed by atoms with Crippen LogP contribution >= 0.6 is 11.8 Å². The molecule has 1 saturated carbocycles. The summed E-state index contributed by atoms with van der Waals surface area (Å²) in [5.74, 6) is 2.24. The second-order valence-electron chi connectivity index (χ2n) is 9.04. The van der Waals surface area contributed by atoms with Crippen LogP contribution in [0.5, 0.6) is 5.88 Å². The molecule has 0 aromatic carbocycles. The number of rotatable bonds is 7. The smallest absolute Gasteiger partial charge is 0.235 e. The van der Waals surface area contributed by atoms with Gasteiger partial charge in [0.05, 0.1) is 34.5 Å². The number of thioether (sulfide) groups is 1. The van der Waals surface area contributed by atoms with E-state index in [1.54, 1.807) is 7.11 Å². The van der Waals surface area contributed by atoms with Gasteiger partial charge in [0, 0.05) is 30.9 Å². The molecule has 4 N–H and O–H groups in total. The van der Waals surface area contributed by atoms with Crippen molar-refractivity contribution in [2.24, 2.45) is 11.7 Å². The third-order valence-electron chi connectivity index (χ3n) is 6.79. The number of ether oxygens (including phenoxy) is 1. The second kappa shape index (κ2) is 10.2. The molecular weight excluding hydrogens is 448 g/mol. The Labute approximate surface area is 203 Å². The minimum absolute atomic E-state index is 0.0134. The lowest BCUT2D eigenvalue weighted by atomic mass is 9.80. The predicted molar refractivity (Wildman–Crippen MR) is 134 cm³/mol. The summed E-state index contributed by atoms with van der Waals surface area (Å²) in [6, 6.07) is 10.4. The number of aromatic nitrogens is 3. The zero-order chi connectivity index (χ0) is 23.5. The Kier molecular flexibility index (Phi) is 6.94. The summed E-state index contributed by atoms with van der Waals surface area (Å²) >= 11 is 1.54. The van der Waals surface area contributed by atoms with Gasteiger partial charge in [0.15, 0.2) is 0 Å². The molecule has 9 heteroatoms. The Morgan fingerprint density at radius 3 is 2.85 bits per heavy atom. The van der Waals surface area contributed by atoms with Crippen molar-refractivity contribution in [1.82, 2.24) is 20.3 Å². The number of nitrogens with two attached hydrogens (primary N) is 1. The van der Waals surface area contributed by atoms with Crippen LogP contribution in [0.3, 0.4) is 0 Å². The Balaban J connectivity index is 1.14. The Bertz CT molecular complexity index is 1180. The van der Waals surface area contributed by atoms with Gasteiger partial charge in [0.25, 0.3) is 0 Å². The van der Waals surface area contributed by atoms with Gasteiger partial charge in [-0.2, -0.15) is 0 Å². The number of carbonyl (C=O) groups is 1. The Morgan fingerprint density at radius 2 is 2.03 bits per heavy atom. The fourth-order valence-corrected chi connectivity index (χ4v) is 5.62. The molecule has 0 saturated heterocycles. The summed E-state index contributed by atoms with van der Waals surface area (Å²) < 4.78 is 5.30. The van der Waals surface area contributed by atoms with Crippen molar-refractivity contribution in [1.29, 1.82) is 0 Å². The van der Waals surface area contributed by atoms with Crippen molar-refractivity contribution in [2.75, 3.05) is 18.2 Å². The van der Waals surface area contributed by atoms with Gasteiger partial charge in [-0.1, -0.05) is 0 Å². The van der Waals surface area contributed by atoms with Gasteiger partial charge < -0.3 is 21.1 Å². The predicted octanol–water partition coefficient (Wildman–Crippen LogP) is 3.30. The maximum absolute atomic E-state index is 11.6. The first-order valence-electron chi connectivity index (χ1n) is 11.8. The molecule has 5 rings (SSSR count). The second-order valence-corrected chi connectivity index (χ2v) is 10.1. The molecule has 2 aliphatic rings. The van der Waals surface area contributed by atoms with E-state index in [4.69, 9.17) is 10.5 Å². The van der Waals surface area contributed by atoms with E-state index >= 15 is 0 Å². The number of pyridine rings is 3. The third-order valence-corrected chi connectivity index (χ3v) is 7.84. The SMILES string of the molecule is COc1ccc2nccc(C[C@@H](N)C3CCC(NCc4ccc5c(n4)NC(=O)CS5)CC3)c2n1. The van der Waals surface area contributed by atoms with E-state index in [-0.39, 0.29) is 11.9 Å². The van der Waals surface area contributed by atoms with Crippen molar-refractivity contribution in [3.63, 3.8) is 0 Å². The Hall–Kier alpha value is -2.75. The van der Waals surface area contributed by atoms with Crippen molar-refractivity contribution in [3.8, 4) is 5.88 Å². The van der Waals surface area contributed by atoms with Crippen molar-refractivity contribution < 1.29 is 9.53 Å². The number of carbonyl (C=O) groups excluding carboxylic acids is 1. The number of amides is 1. The summed E-state index contributed by atoms with van der Waals surface area (Å²) in [6.45, 7) is 0.700. The van der Waals surface area contributed by atoms with Crippen LogP contribution < -0.4 is 21.1 Å². The molecule has 178 valence electrons. The van der Waals surface area contributed by atoms with Crippen molar-refractivity contribution in [3.05, 3.63) is 47.8 Å². The minimum Gasteiger partial charge on any atom is -0.481 e. The molecule has 1 fully saturated rings. The highest BCUT2D eigenvalue weighted by molar-refractivity contribution is 8.00. The highest BCUT2D eigenvalue weighted by Crippen LogP contribution is 2.31. The molecule has 1 atom stereocenters. The number of nitrogens with one attached hydrogen (secondary N) is 2. The minimum atomic E-state index is 0.0134. The van der Waals surface area contributed by atoms with Crippen molar-refractivity contribution >= 4 is 34.5 Å². The lowest BCUT2D eigenvalue weighted by Crippen LogP contribution is -2.39. The van der Waals surface area contributed by atoms with Crippen LogP contribution in [-0.2, 0) is 17.8 Å². The zero-order valence-corrected chi connectivity index (χ0v) is 20.1. The topological polar surface area (TPSA) is 115 Å². The summed E-state index contributed by atoms with van der Waals surface area (Å²) in [7, 11) is 1.63. The van der Waals surface area contributed by atoms with Gasteiger partial charge in [0.2, 0.25) is 11.8 Å². The van der Waals surface area contributed by atoms with Crippen LogP contribution in [0, 0.1) is 5.92 Å². The third kappa shape index (κ3) is 5.16. The van der Waals surface area contributed by atoms with Gasteiger partial charge >= 0.3 is 0 Å². The average molecular weight is 479 g/mol. The number of fused-ring (bicyclic) bond motifs is 2. The lowest BCUT2D eigenvalue weighted by Gasteiger charge is -2.33. The van der Waals surface area contributed by atoms with E-state index in [9.17, 15) is 4.79 Å². The summed E-state index contributed by atoms with van der Waals surface area (Å²) in [5.41, 5.74) is 10.5. The molecule has 4 heterocycles. The molecule has 1 aliphatic heterocycles. The van der Waals surface area contributed by atoms with Crippen LogP contribution in [0.2, 0.25) is 0 Å². The number of anilines is 1. The van der Waals surface area contributed by atoms with E-state index in [1.807, 2.05) is 36.5 Å². The van der Waals surface area contributed by atoms with Crippen LogP contribution in [0.4, 0.5) is 5.82 Å². The van der Waals surface area contributed by atoms with E-state index in [0.29, 0.717) is 36.0 Å². The number of hydrogen-bond donors (Lipinski definition) is 3. The summed E-state index contributed by atoms with van der Waals surface area (Å²) in [6.07, 6.45) is 7.01. The van der Waals surface area contributed by atoms with Crippen molar-refractivity contribution in [2.45, 2.75) is 55.6 Å². The molecule has 0 bridgehead atoms. The van der Waals surface area contributed by atoms with Crippen LogP contribution in [0.1, 0.15) is 36.9 Å². The van der Waals surface area contributed by atoms with Gasteiger partial charge in [-0.15, -0.1) is 11.8 Å². The monoisotopic (exact) mass is 478 g/mol. The molecule has 3 aromatic heterocycles. The number of nitrogens with zero attached hydrogens (tertiary/aromatic N) is 3. The standard InChI is InChI=1S/C25H30N6O2S/c1-33-23-9-7-20-24(31-23)16(10-11-27-20)12-19(26)15-2-4-17(5-3-15)28-13-18-6-8-21-25(29-18)30-22(32)14-34-21/h6-11,15,17,19,28H,2-5,12-14,26H2,1H3,(H,29,30,32)/t15?,17?,19-/m1/s1. The highest BCUT2D eigenvalue weighted by Gasteiger charge is 2.26. The van der Waals surface area contributed by atoms with Gasteiger partial charge in [-0.25, -0.2) is 9.97 Å². The van der Waals surface area contributed by atoms with E-state index < -0.39 is 0 Å². The van der Waals surface area contributed by atoms with E-state index in [0.717, 1.165) is 59.3 Å². The first-order valence-corrected chi connectivity index (χ1v) is 12.8. The quantitative estimate of drug-likeness (QED) is 0.474. The van der Waals surface area contributed by atoms with E-state index in [2.05, 4.69) is 25.6 Å². The molecule has 0 spiro atoms. The molecule has 1 aliphatic carbocycles. The first kappa shape index (κ1) is 23.0. The lowest BCUT2D eigenvalue weighted by molar-refractivity contribution is -0.113. The molecule has 1 amide bonds. The maximum atomic E-state index is 11.6. The summed E-state index contributed by atoms with van der Waals surface area (Å²) in [5, 5.41) is 6.51. The van der Waals surface area contributed by atoms with Gasteiger partial charge in [-0.05, 0) is 67.9 Å². The van der Waals surface area contributed by atoms with E-state index in [1.165, 1.54) is 11.8 Å². The molecule has 0 unspecified atom stereocenters. The normalized spacial score (nSPS) is 21.1. The summed E-state index contributed by atoms with van der Waals surface area (Å²) in [4.78, 5) is 26.3. The Morgan fingerprint density at radius 1 is 1.18 bits per heavy atom. The highest BCUT2D eigenvalue weighted by atomic mass is 32.2. The molecule has 34 heavy (non-hydrogen) atoms. The molecular formula is C25H30N6O2S. The van der Waals surface area contributed by atoms with Crippen LogP contribution in [0.25, 0.3) is 11.0 Å². The van der Waals surface area contributed by atoms with Crippen LogP contribution in [-0.4, -0.2) is 45.8 Å². The molecule has 0 radical (unpaired) electrons. The maximum Gasteiger partial charge on any atom is 0.235 e. The largest absolute Gasteiger partial charge is 0.481 e. The number of hydrogen-bond acceptors (Lipinski definition) is 8. The number of methoxy groups -OCH3 is 1. The van der Waals surface area contributed by atoms with Crippen LogP contribution in [0.15, 0.2) is 41.4 Å².